The molecule has 0 fully saturated rings. The van der Waals surface area contributed by atoms with Gasteiger partial charge >= 0.3 is 0 Å². The third-order valence-electron chi connectivity index (χ3n) is 3.21. The van der Waals surface area contributed by atoms with Crippen LogP contribution in [0.4, 0.5) is 0 Å². The number of amides is 2. The maximum absolute atomic E-state index is 12.2. The van der Waals surface area contributed by atoms with E-state index in [9.17, 15) is 9.59 Å². The molecular formula is C18H17BrN2O3. The molecule has 2 aromatic carbocycles. The van der Waals surface area contributed by atoms with Crippen molar-refractivity contribution < 1.29 is 14.3 Å². The molecular weight excluding hydrogens is 372 g/mol. The van der Waals surface area contributed by atoms with Gasteiger partial charge in [0.05, 0.1) is 5.56 Å². The van der Waals surface area contributed by atoms with Gasteiger partial charge in [0.15, 0.2) is 0 Å². The first-order valence-electron chi connectivity index (χ1n) is 7.22. The molecule has 24 heavy (non-hydrogen) atoms. The number of hydrazine groups is 1. The van der Waals surface area contributed by atoms with E-state index in [-0.39, 0.29) is 6.61 Å². The van der Waals surface area contributed by atoms with Gasteiger partial charge in [-0.15, -0.1) is 0 Å². The van der Waals surface area contributed by atoms with Gasteiger partial charge in [0.2, 0.25) is 0 Å². The Hall–Kier alpha value is -2.60. The van der Waals surface area contributed by atoms with Crippen LogP contribution in [-0.2, 0) is 0 Å². The summed E-state index contributed by atoms with van der Waals surface area (Å²) in [6, 6.07) is 12.0. The first-order chi connectivity index (χ1) is 11.5. The molecule has 2 amide bonds. The van der Waals surface area contributed by atoms with Crippen LogP contribution >= 0.6 is 15.9 Å². The number of nitrogens with one attached hydrogen (secondary N) is 2. The largest absolute Gasteiger partial charge is 0.489 e. The lowest BCUT2D eigenvalue weighted by Gasteiger charge is -2.11. The van der Waals surface area contributed by atoms with Gasteiger partial charge in [0, 0.05) is 10.0 Å². The molecule has 5 nitrogen and oxygen atoms in total. The molecule has 0 atom stereocenters. The van der Waals surface area contributed by atoms with Crippen molar-refractivity contribution in [3.8, 4) is 5.75 Å². The molecule has 0 aromatic heterocycles. The molecule has 0 spiro atoms. The molecule has 0 bridgehead atoms. The summed E-state index contributed by atoms with van der Waals surface area (Å²) < 4.78 is 6.25. The van der Waals surface area contributed by atoms with Crippen molar-refractivity contribution >= 4 is 27.7 Å². The second kappa shape index (κ2) is 8.31. The summed E-state index contributed by atoms with van der Waals surface area (Å²) in [5.41, 5.74) is 6.56. The van der Waals surface area contributed by atoms with Crippen LogP contribution < -0.4 is 15.6 Å². The zero-order valence-electron chi connectivity index (χ0n) is 13.1. The van der Waals surface area contributed by atoms with Crippen molar-refractivity contribution in [1.82, 2.24) is 10.9 Å². The van der Waals surface area contributed by atoms with E-state index in [4.69, 9.17) is 4.74 Å². The van der Waals surface area contributed by atoms with E-state index >= 15 is 0 Å². The highest BCUT2D eigenvalue weighted by atomic mass is 79.9. The van der Waals surface area contributed by atoms with Crippen LogP contribution in [-0.4, -0.2) is 18.4 Å². The SMILES string of the molecule is C=CCOc1ccccc1C(=O)NNC(=O)c1ccc(C)c(Br)c1. The van der Waals surface area contributed by atoms with Gasteiger partial charge in [-0.05, 0) is 36.8 Å². The molecule has 2 N–H and O–H groups in total. The normalized spacial score (nSPS) is 9.92. The number of aryl methyl sites for hydroxylation is 1. The fourth-order valence-corrected chi connectivity index (χ4v) is 2.29. The average Bonchev–Trinajstić information content (AvgIpc) is 2.60. The fourth-order valence-electron chi connectivity index (χ4n) is 1.92. The minimum Gasteiger partial charge on any atom is -0.489 e. The molecule has 2 aromatic rings. The summed E-state index contributed by atoms with van der Waals surface area (Å²) in [4.78, 5) is 24.4. The number of para-hydroxylation sites is 1. The van der Waals surface area contributed by atoms with Gasteiger partial charge in [-0.2, -0.15) is 0 Å². The van der Waals surface area contributed by atoms with E-state index in [0.29, 0.717) is 16.9 Å². The van der Waals surface area contributed by atoms with Crippen LogP contribution in [0.15, 0.2) is 59.6 Å². The summed E-state index contributed by atoms with van der Waals surface area (Å²) in [5.74, 6) is -0.454. The standard InChI is InChI=1S/C18H17BrN2O3/c1-3-10-24-16-7-5-4-6-14(16)18(23)21-20-17(22)13-9-8-12(2)15(19)11-13/h3-9,11H,1,10H2,2H3,(H,20,22)(H,21,23). The minimum atomic E-state index is -0.464. The first kappa shape index (κ1) is 17.7. The molecule has 2 rings (SSSR count). The Bertz CT molecular complexity index is 775. The van der Waals surface area contributed by atoms with E-state index in [1.807, 2.05) is 13.0 Å². The average molecular weight is 389 g/mol. The lowest BCUT2D eigenvalue weighted by Crippen LogP contribution is -2.41. The first-order valence-corrected chi connectivity index (χ1v) is 8.01. The molecule has 6 heteroatoms. The van der Waals surface area contributed by atoms with E-state index in [0.717, 1.165) is 10.0 Å². The number of halogens is 1. The molecule has 0 aliphatic rings. The fraction of sp³-hybridized carbons (Fsp3) is 0.111. The smallest absolute Gasteiger partial charge is 0.273 e. The number of rotatable bonds is 5. The quantitative estimate of drug-likeness (QED) is 0.609. The maximum Gasteiger partial charge on any atom is 0.273 e. The van der Waals surface area contributed by atoms with Crippen LogP contribution in [0.2, 0.25) is 0 Å². The second-order valence-corrected chi connectivity index (χ2v) is 5.82. The Kier molecular flexibility index (Phi) is 6.14. The van der Waals surface area contributed by atoms with Crippen LogP contribution in [0, 0.1) is 6.92 Å². The van der Waals surface area contributed by atoms with Gasteiger partial charge in [0.1, 0.15) is 12.4 Å². The molecule has 0 heterocycles. The Balaban J connectivity index is 2.03. The second-order valence-electron chi connectivity index (χ2n) is 4.97. The highest BCUT2D eigenvalue weighted by Crippen LogP contribution is 2.18. The topological polar surface area (TPSA) is 67.4 Å². The Morgan fingerprint density at radius 2 is 1.88 bits per heavy atom. The number of carbonyl (C=O) groups excluding carboxylic acids is 2. The van der Waals surface area contributed by atoms with Gasteiger partial charge in [-0.25, -0.2) is 0 Å². The van der Waals surface area contributed by atoms with Gasteiger partial charge in [-0.1, -0.05) is 46.8 Å². The van der Waals surface area contributed by atoms with Crippen LogP contribution in [0.25, 0.3) is 0 Å². The predicted molar refractivity (Wildman–Crippen MR) is 95.9 cm³/mol. The molecule has 0 saturated carbocycles. The van der Waals surface area contributed by atoms with Crippen LogP contribution in [0.1, 0.15) is 26.3 Å². The van der Waals surface area contributed by atoms with Gasteiger partial charge in [-0.3, -0.25) is 20.4 Å². The van der Waals surface area contributed by atoms with Crippen molar-refractivity contribution in [2.45, 2.75) is 6.92 Å². The molecule has 0 radical (unpaired) electrons. The van der Waals surface area contributed by atoms with E-state index in [1.165, 1.54) is 0 Å². The maximum atomic E-state index is 12.2. The summed E-state index contributed by atoms with van der Waals surface area (Å²) in [5, 5.41) is 0. The molecule has 0 aliphatic carbocycles. The van der Waals surface area contributed by atoms with E-state index in [2.05, 4.69) is 33.4 Å². The summed E-state index contributed by atoms with van der Waals surface area (Å²) >= 11 is 3.37. The van der Waals surface area contributed by atoms with Crippen molar-refractivity contribution in [2.75, 3.05) is 6.61 Å². The summed E-state index contributed by atoms with van der Waals surface area (Å²) in [7, 11) is 0. The van der Waals surface area contributed by atoms with Crippen LogP contribution in [0.3, 0.4) is 0 Å². The zero-order chi connectivity index (χ0) is 17.5. The monoisotopic (exact) mass is 388 g/mol. The lowest BCUT2D eigenvalue weighted by molar-refractivity contribution is 0.0844. The van der Waals surface area contributed by atoms with Crippen molar-refractivity contribution in [2.24, 2.45) is 0 Å². The number of hydrogen-bond acceptors (Lipinski definition) is 3. The van der Waals surface area contributed by atoms with Crippen LogP contribution in [0.5, 0.6) is 5.75 Å². The van der Waals surface area contributed by atoms with Crippen molar-refractivity contribution in [3.63, 3.8) is 0 Å². The third-order valence-corrected chi connectivity index (χ3v) is 4.07. The summed E-state index contributed by atoms with van der Waals surface area (Å²) in [6.45, 7) is 5.78. The number of ether oxygens (including phenoxy) is 1. The Labute approximate surface area is 148 Å². The van der Waals surface area contributed by atoms with Gasteiger partial charge in [0.25, 0.3) is 11.8 Å². The molecule has 0 saturated heterocycles. The number of carbonyl (C=O) groups is 2. The summed E-state index contributed by atoms with van der Waals surface area (Å²) in [6.07, 6.45) is 1.59. The highest BCUT2D eigenvalue weighted by molar-refractivity contribution is 9.10. The Morgan fingerprint density at radius 1 is 1.17 bits per heavy atom. The highest BCUT2D eigenvalue weighted by Gasteiger charge is 2.13. The number of benzene rings is 2. The molecule has 0 aliphatic heterocycles. The minimum absolute atomic E-state index is 0.286. The lowest BCUT2D eigenvalue weighted by atomic mass is 10.1. The number of hydrogen-bond donors (Lipinski definition) is 2. The zero-order valence-corrected chi connectivity index (χ0v) is 14.7. The van der Waals surface area contributed by atoms with Gasteiger partial charge < -0.3 is 4.74 Å². The Morgan fingerprint density at radius 3 is 2.58 bits per heavy atom. The molecule has 124 valence electrons. The van der Waals surface area contributed by atoms with Crippen molar-refractivity contribution in [1.29, 1.82) is 0 Å². The predicted octanol–water partition coefficient (Wildman–Crippen LogP) is 3.40. The van der Waals surface area contributed by atoms with E-state index < -0.39 is 11.8 Å². The third kappa shape index (κ3) is 4.45. The van der Waals surface area contributed by atoms with E-state index in [1.54, 1.807) is 42.5 Å². The molecule has 0 unspecified atom stereocenters. The van der Waals surface area contributed by atoms with Crippen molar-refractivity contribution in [3.05, 3.63) is 76.3 Å².